The van der Waals surface area contributed by atoms with Gasteiger partial charge in [0.1, 0.15) is 0 Å². The third kappa shape index (κ3) is 2.37. The minimum absolute atomic E-state index is 0.281. The number of carbonyl (C=O) groups excluding carboxylic acids is 1. The van der Waals surface area contributed by atoms with Crippen molar-refractivity contribution in [3.8, 4) is 0 Å². The molecule has 12 heavy (non-hydrogen) atoms. The number of rotatable bonds is 2. The molecule has 2 N–H and O–H groups in total. The van der Waals surface area contributed by atoms with Gasteiger partial charge in [0.15, 0.2) is 0 Å². The topological polar surface area (TPSA) is 49.6 Å². The van der Waals surface area contributed by atoms with Gasteiger partial charge in [0, 0.05) is 19.6 Å². The van der Waals surface area contributed by atoms with Crippen LogP contribution >= 0.6 is 0 Å². The molecule has 1 rings (SSSR count). The molecule has 0 aliphatic carbocycles. The fraction of sp³-hybridized carbons (Fsp3) is 0.875. The zero-order valence-electron chi connectivity index (χ0n) is 7.79. The van der Waals surface area contributed by atoms with E-state index in [4.69, 9.17) is 5.73 Å². The lowest BCUT2D eigenvalue weighted by atomic mass is 10.1. The number of hydrogen-bond donors (Lipinski definition) is 1. The van der Waals surface area contributed by atoms with E-state index in [1.807, 2.05) is 14.1 Å². The summed E-state index contributed by atoms with van der Waals surface area (Å²) < 4.78 is 0. The van der Waals surface area contributed by atoms with E-state index in [0.717, 1.165) is 26.1 Å². The Bertz CT molecular complexity index is 170. The molecule has 0 unspecified atom stereocenters. The highest BCUT2D eigenvalue weighted by molar-refractivity contribution is 5.72. The van der Waals surface area contributed by atoms with E-state index in [0.29, 0.717) is 5.92 Å². The van der Waals surface area contributed by atoms with Gasteiger partial charge in [-0.1, -0.05) is 0 Å². The SMILES string of the molecule is CN(C)C[C@@H]1CCN(C(N)=O)C1. The van der Waals surface area contributed by atoms with Crippen molar-refractivity contribution in [2.24, 2.45) is 11.7 Å². The smallest absolute Gasteiger partial charge is 0.314 e. The first-order valence-corrected chi connectivity index (χ1v) is 4.28. The van der Waals surface area contributed by atoms with Crippen molar-refractivity contribution < 1.29 is 4.79 Å². The number of amides is 2. The molecule has 0 aromatic carbocycles. The fourth-order valence-corrected chi connectivity index (χ4v) is 1.70. The maximum absolute atomic E-state index is 10.8. The Morgan fingerprint density at radius 3 is 2.75 bits per heavy atom. The van der Waals surface area contributed by atoms with E-state index in [-0.39, 0.29) is 6.03 Å². The van der Waals surface area contributed by atoms with Crippen LogP contribution in [0.1, 0.15) is 6.42 Å². The normalized spacial score (nSPS) is 23.6. The molecule has 4 heteroatoms. The van der Waals surface area contributed by atoms with Crippen LogP contribution < -0.4 is 5.73 Å². The lowest BCUT2D eigenvalue weighted by molar-refractivity contribution is 0.215. The summed E-state index contributed by atoms with van der Waals surface area (Å²) in [5.74, 6) is 0.604. The van der Waals surface area contributed by atoms with Gasteiger partial charge >= 0.3 is 6.03 Å². The highest BCUT2D eigenvalue weighted by Crippen LogP contribution is 2.15. The fourth-order valence-electron chi connectivity index (χ4n) is 1.70. The molecule has 0 radical (unpaired) electrons. The van der Waals surface area contributed by atoms with Crippen LogP contribution in [-0.4, -0.2) is 49.6 Å². The van der Waals surface area contributed by atoms with Crippen molar-refractivity contribution in [1.29, 1.82) is 0 Å². The Kier molecular flexibility index (Phi) is 2.92. The molecular weight excluding hydrogens is 154 g/mol. The van der Waals surface area contributed by atoms with Crippen LogP contribution in [-0.2, 0) is 0 Å². The monoisotopic (exact) mass is 171 g/mol. The van der Waals surface area contributed by atoms with Gasteiger partial charge in [0.05, 0.1) is 0 Å². The first-order chi connectivity index (χ1) is 5.59. The van der Waals surface area contributed by atoms with E-state index >= 15 is 0 Å². The molecule has 0 bridgehead atoms. The molecule has 1 fully saturated rings. The Balaban J connectivity index is 2.30. The summed E-state index contributed by atoms with van der Waals surface area (Å²) in [4.78, 5) is 14.6. The average Bonchev–Trinajstić information content (AvgIpc) is 2.34. The van der Waals surface area contributed by atoms with Crippen LogP contribution in [0.5, 0.6) is 0 Å². The van der Waals surface area contributed by atoms with Gasteiger partial charge in [-0.25, -0.2) is 4.79 Å². The van der Waals surface area contributed by atoms with E-state index < -0.39 is 0 Å². The van der Waals surface area contributed by atoms with Crippen molar-refractivity contribution in [3.63, 3.8) is 0 Å². The van der Waals surface area contributed by atoms with Crippen molar-refractivity contribution in [2.75, 3.05) is 33.7 Å². The molecule has 1 saturated heterocycles. The van der Waals surface area contributed by atoms with Crippen LogP contribution in [0.3, 0.4) is 0 Å². The predicted octanol–water partition coefficient (Wildman–Crippen LogP) is -0.0514. The summed E-state index contributed by atoms with van der Waals surface area (Å²) in [6, 6.07) is -0.281. The van der Waals surface area contributed by atoms with Gasteiger partial charge in [-0.2, -0.15) is 0 Å². The molecule has 1 atom stereocenters. The summed E-state index contributed by atoms with van der Waals surface area (Å²) in [5, 5.41) is 0. The third-order valence-electron chi connectivity index (χ3n) is 2.22. The lowest BCUT2D eigenvalue weighted by Gasteiger charge is -2.16. The van der Waals surface area contributed by atoms with Crippen LogP contribution in [0.4, 0.5) is 4.79 Å². The van der Waals surface area contributed by atoms with E-state index in [1.165, 1.54) is 0 Å². The summed E-state index contributed by atoms with van der Waals surface area (Å²) >= 11 is 0. The first-order valence-electron chi connectivity index (χ1n) is 4.28. The van der Waals surface area contributed by atoms with Gasteiger partial charge < -0.3 is 15.5 Å². The Hall–Kier alpha value is -0.770. The van der Waals surface area contributed by atoms with Gasteiger partial charge in [-0.05, 0) is 26.4 Å². The van der Waals surface area contributed by atoms with Crippen molar-refractivity contribution in [2.45, 2.75) is 6.42 Å². The molecule has 1 heterocycles. The maximum atomic E-state index is 10.8. The number of nitrogens with two attached hydrogens (primary N) is 1. The molecule has 0 aromatic heterocycles. The average molecular weight is 171 g/mol. The summed E-state index contributed by atoms with van der Waals surface area (Å²) in [6.45, 7) is 2.70. The zero-order chi connectivity index (χ0) is 9.14. The van der Waals surface area contributed by atoms with E-state index in [2.05, 4.69) is 4.90 Å². The molecule has 0 aromatic rings. The third-order valence-corrected chi connectivity index (χ3v) is 2.22. The zero-order valence-corrected chi connectivity index (χ0v) is 7.79. The number of carbonyl (C=O) groups is 1. The lowest BCUT2D eigenvalue weighted by Crippen LogP contribution is -2.34. The molecule has 4 nitrogen and oxygen atoms in total. The quantitative estimate of drug-likeness (QED) is 0.633. The second kappa shape index (κ2) is 3.76. The molecule has 70 valence electrons. The van der Waals surface area contributed by atoms with Crippen molar-refractivity contribution >= 4 is 6.03 Å². The van der Waals surface area contributed by atoms with E-state index in [1.54, 1.807) is 4.90 Å². The van der Waals surface area contributed by atoms with Gasteiger partial charge in [-0.3, -0.25) is 0 Å². The maximum Gasteiger partial charge on any atom is 0.314 e. The number of nitrogens with zero attached hydrogens (tertiary/aromatic N) is 2. The van der Waals surface area contributed by atoms with Gasteiger partial charge in [-0.15, -0.1) is 0 Å². The molecular formula is C8H17N3O. The molecule has 0 saturated carbocycles. The molecule has 1 aliphatic rings. The number of hydrogen-bond acceptors (Lipinski definition) is 2. The molecule has 2 amide bonds. The largest absolute Gasteiger partial charge is 0.351 e. The Morgan fingerprint density at radius 2 is 2.33 bits per heavy atom. The highest BCUT2D eigenvalue weighted by Gasteiger charge is 2.24. The Morgan fingerprint density at radius 1 is 1.67 bits per heavy atom. The highest BCUT2D eigenvalue weighted by atomic mass is 16.2. The Labute approximate surface area is 73.3 Å². The van der Waals surface area contributed by atoms with Crippen LogP contribution in [0.25, 0.3) is 0 Å². The molecule has 1 aliphatic heterocycles. The second-order valence-electron chi connectivity index (χ2n) is 3.70. The van der Waals surface area contributed by atoms with Crippen LogP contribution in [0, 0.1) is 5.92 Å². The van der Waals surface area contributed by atoms with Gasteiger partial charge in [0.2, 0.25) is 0 Å². The second-order valence-corrected chi connectivity index (χ2v) is 3.70. The van der Waals surface area contributed by atoms with Crippen LogP contribution in [0.2, 0.25) is 0 Å². The minimum Gasteiger partial charge on any atom is -0.351 e. The number of likely N-dealkylation sites (tertiary alicyclic amines) is 1. The minimum atomic E-state index is -0.281. The number of urea groups is 1. The summed E-state index contributed by atoms with van der Waals surface area (Å²) in [5.41, 5.74) is 5.16. The van der Waals surface area contributed by atoms with Gasteiger partial charge in [0.25, 0.3) is 0 Å². The van der Waals surface area contributed by atoms with E-state index in [9.17, 15) is 4.79 Å². The summed E-state index contributed by atoms with van der Waals surface area (Å²) in [7, 11) is 4.10. The van der Waals surface area contributed by atoms with Crippen LogP contribution in [0.15, 0.2) is 0 Å². The summed E-state index contributed by atoms with van der Waals surface area (Å²) in [6.07, 6.45) is 1.08. The predicted molar refractivity (Wildman–Crippen MR) is 47.8 cm³/mol. The standard InChI is InChI=1S/C8H17N3O/c1-10(2)5-7-3-4-11(6-7)8(9)12/h7H,3-6H2,1-2H3,(H2,9,12)/t7-/m0/s1. The van der Waals surface area contributed by atoms with Crippen molar-refractivity contribution in [1.82, 2.24) is 9.80 Å². The van der Waals surface area contributed by atoms with Crippen molar-refractivity contribution in [3.05, 3.63) is 0 Å². The molecule has 0 spiro atoms. The number of primary amides is 1. The first kappa shape index (κ1) is 9.32.